The SMILES string of the molecule is CCC[C@@]1(C[C@@]2(CCC(=O)OC)c3ccccc3-c3nc4ccccc4nc32)c2ccccc2-c2nc3ccccc3nc21. The van der Waals surface area contributed by atoms with Gasteiger partial charge in [-0.1, -0.05) is 86.1 Å². The summed E-state index contributed by atoms with van der Waals surface area (Å²) in [6.45, 7) is 2.24. The summed E-state index contributed by atoms with van der Waals surface area (Å²) in [5, 5.41) is 0. The fourth-order valence-electron chi connectivity index (χ4n) is 7.91. The Morgan fingerprint density at radius 3 is 1.52 bits per heavy atom. The molecule has 0 saturated heterocycles. The predicted molar refractivity (Wildman–Crippen MR) is 172 cm³/mol. The number of para-hydroxylation sites is 4. The van der Waals surface area contributed by atoms with Crippen LogP contribution >= 0.6 is 0 Å². The highest BCUT2D eigenvalue weighted by atomic mass is 16.5. The third-order valence-corrected chi connectivity index (χ3v) is 9.71. The molecule has 8 rings (SSSR count). The van der Waals surface area contributed by atoms with Crippen LogP contribution in [0, 0.1) is 0 Å². The van der Waals surface area contributed by atoms with Crippen LogP contribution in [0.3, 0.4) is 0 Å². The molecule has 2 heterocycles. The van der Waals surface area contributed by atoms with Crippen molar-refractivity contribution in [3.63, 3.8) is 0 Å². The summed E-state index contributed by atoms with van der Waals surface area (Å²) in [5.41, 5.74) is 10.8. The Bertz CT molecular complexity index is 2110. The standard InChI is InChI=1S/C38H32N4O2/c1-3-21-37(26-14-6-4-12-24(26)33-35(37)41-30-18-10-8-16-28(30)39-33)23-38(22-20-32(43)44-2)27-15-7-5-13-25(27)34-36(38)42-31-19-11-9-17-29(31)40-34/h4-19H,3,20-23H2,1-2H3/t37-,38+/m1/s1. The van der Waals surface area contributed by atoms with E-state index in [1.165, 1.54) is 12.7 Å². The molecular weight excluding hydrogens is 544 g/mol. The molecule has 0 bridgehead atoms. The average molecular weight is 577 g/mol. The fourth-order valence-corrected chi connectivity index (χ4v) is 7.91. The highest BCUT2D eigenvalue weighted by Gasteiger charge is 2.55. The third kappa shape index (κ3) is 3.76. The van der Waals surface area contributed by atoms with Crippen molar-refractivity contribution in [2.45, 2.75) is 49.9 Å². The molecule has 0 aliphatic heterocycles. The van der Waals surface area contributed by atoms with E-state index in [1.807, 2.05) is 48.5 Å². The molecule has 0 fully saturated rings. The van der Waals surface area contributed by atoms with Gasteiger partial charge in [-0.15, -0.1) is 0 Å². The minimum Gasteiger partial charge on any atom is -0.469 e. The number of rotatable bonds is 7. The van der Waals surface area contributed by atoms with Gasteiger partial charge in [0, 0.05) is 28.4 Å². The topological polar surface area (TPSA) is 77.9 Å². The van der Waals surface area contributed by atoms with Crippen LogP contribution in [0.2, 0.25) is 0 Å². The van der Waals surface area contributed by atoms with Crippen molar-refractivity contribution in [3.05, 3.63) is 120 Å². The lowest BCUT2D eigenvalue weighted by Gasteiger charge is -2.41. The van der Waals surface area contributed by atoms with Crippen molar-refractivity contribution < 1.29 is 9.53 Å². The van der Waals surface area contributed by atoms with E-state index < -0.39 is 10.8 Å². The molecule has 6 aromatic rings. The Morgan fingerprint density at radius 1 is 0.614 bits per heavy atom. The van der Waals surface area contributed by atoms with Crippen LogP contribution in [0.25, 0.3) is 44.6 Å². The molecule has 0 saturated carbocycles. The quantitative estimate of drug-likeness (QED) is 0.180. The third-order valence-electron chi connectivity index (χ3n) is 9.71. The summed E-state index contributed by atoms with van der Waals surface area (Å²) >= 11 is 0. The van der Waals surface area contributed by atoms with E-state index in [-0.39, 0.29) is 12.4 Å². The maximum Gasteiger partial charge on any atom is 0.305 e. The number of carbonyl (C=O) groups excluding carboxylic acids is 1. The summed E-state index contributed by atoms with van der Waals surface area (Å²) in [6, 6.07) is 33.3. The Hall–Kier alpha value is -4.97. The second-order valence-electron chi connectivity index (χ2n) is 12.1. The van der Waals surface area contributed by atoms with Gasteiger partial charge in [0.1, 0.15) is 0 Å². The molecule has 0 N–H and O–H groups in total. The first-order valence-electron chi connectivity index (χ1n) is 15.4. The molecule has 6 nitrogen and oxygen atoms in total. The lowest BCUT2D eigenvalue weighted by Crippen LogP contribution is -2.39. The molecule has 2 aliphatic carbocycles. The molecule has 0 spiro atoms. The van der Waals surface area contributed by atoms with Gasteiger partial charge < -0.3 is 4.74 Å². The van der Waals surface area contributed by atoms with Crippen LogP contribution in [0.4, 0.5) is 0 Å². The van der Waals surface area contributed by atoms with Crippen molar-refractivity contribution in [2.75, 3.05) is 7.11 Å². The Labute approximate surface area is 256 Å². The summed E-state index contributed by atoms with van der Waals surface area (Å²) in [4.78, 5) is 34.1. The maximum atomic E-state index is 12.9. The van der Waals surface area contributed by atoms with E-state index in [0.29, 0.717) is 12.8 Å². The fraction of sp³-hybridized carbons (Fsp3) is 0.237. The van der Waals surface area contributed by atoms with Crippen molar-refractivity contribution in [1.82, 2.24) is 19.9 Å². The number of hydrogen-bond donors (Lipinski definition) is 0. The molecule has 44 heavy (non-hydrogen) atoms. The molecule has 2 atom stereocenters. The summed E-state index contributed by atoms with van der Waals surface area (Å²) < 4.78 is 5.21. The van der Waals surface area contributed by atoms with E-state index in [1.54, 1.807) is 0 Å². The van der Waals surface area contributed by atoms with Gasteiger partial charge in [-0.05, 0) is 54.7 Å². The van der Waals surface area contributed by atoms with Crippen molar-refractivity contribution in [3.8, 4) is 22.5 Å². The van der Waals surface area contributed by atoms with Crippen LogP contribution in [0.15, 0.2) is 97.1 Å². The van der Waals surface area contributed by atoms with E-state index in [9.17, 15) is 4.79 Å². The monoisotopic (exact) mass is 576 g/mol. The zero-order valence-corrected chi connectivity index (χ0v) is 24.9. The number of aromatic nitrogens is 4. The van der Waals surface area contributed by atoms with E-state index >= 15 is 0 Å². The number of esters is 1. The first-order chi connectivity index (χ1) is 21.6. The normalized spacial score (nSPS) is 19.4. The van der Waals surface area contributed by atoms with Crippen LogP contribution in [0.5, 0.6) is 0 Å². The largest absolute Gasteiger partial charge is 0.469 e. The Balaban J connectivity index is 1.44. The maximum absolute atomic E-state index is 12.9. The van der Waals surface area contributed by atoms with Crippen LogP contribution in [-0.4, -0.2) is 33.0 Å². The number of methoxy groups -OCH3 is 1. The first-order valence-corrected chi connectivity index (χ1v) is 15.4. The molecule has 4 aromatic carbocycles. The number of nitrogens with zero attached hydrogens (tertiary/aromatic N) is 4. The molecule has 0 amide bonds. The van der Waals surface area contributed by atoms with Crippen molar-refractivity contribution in [1.29, 1.82) is 0 Å². The lowest BCUT2D eigenvalue weighted by atomic mass is 9.61. The van der Waals surface area contributed by atoms with Gasteiger partial charge in [-0.25, -0.2) is 19.9 Å². The summed E-state index contributed by atoms with van der Waals surface area (Å²) in [5.74, 6) is -0.230. The van der Waals surface area contributed by atoms with Crippen LogP contribution in [-0.2, 0) is 20.4 Å². The number of ether oxygens (including phenoxy) is 1. The number of carbonyl (C=O) groups is 1. The van der Waals surface area contributed by atoms with Gasteiger partial charge in [0.15, 0.2) is 0 Å². The van der Waals surface area contributed by atoms with Gasteiger partial charge in [-0.3, -0.25) is 4.79 Å². The summed E-state index contributed by atoms with van der Waals surface area (Å²) in [7, 11) is 1.46. The number of benzene rings is 4. The zero-order valence-electron chi connectivity index (χ0n) is 24.9. The summed E-state index contributed by atoms with van der Waals surface area (Å²) in [6.07, 6.45) is 3.31. The number of hydrogen-bond acceptors (Lipinski definition) is 6. The first kappa shape index (κ1) is 26.6. The van der Waals surface area contributed by atoms with Crippen molar-refractivity contribution >= 4 is 28.0 Å². The van der Waals surface area contributed by atoms with E-state index in [2.05, 4.69) is 55.5 Å². The molecule has 216 valence electrons. The lowest BCUT2D eigenvalue weighted by molar-refractivity contribution is -0.141. The van der Waals surface area contributed by atoms with Crippen LogP contribution in [0.1, 0.15) is 61.5 Å². The van der Waals surface area contributed by atoms with Gasteiger partial charge in [-0.2, -0.15) is 0 Å². The molecular formula is C38H32N4O2. The Kier molecular flexibility index (Phi) is 6.09. The van der Waals surface area contributed by atoms with Gasteiger partial charge in [0.25, 0.3) is 0 Å². The van der Waals surface area contributed by atoms with Gasteiger partial charge >= 0.3 is 5.97 Å². The molecule has 0 radical (unpaired) electrons. The smallest absolute Gasteiger partial charge is 0.305 e. The second-order valence-corrected chi connectivity index (χ2v) is 12.1. The molecule has 2 aromatic heterocycles. The highest BCUT2D eigenvalue weighted by molar-refractivity contribution is 5.87. The van der Waals surface area contributed by atoms with E-state index in [0.717, 1.165) is 74.4 Å². The van der Waals surface area contributed by atoms with Gasteiger partial charge in [0.2, 0.25) is 0 Å². The minimum absolute atomic E-state index is 0.230. The van der Waals surface area contributed by atoms with Crippen molar-refractivity contribution in [2.24, 2.45) is 0 Å². The van der Waals surface area contributed by atoms with E-state index in [4.69, 9.17) is 24.7 Å². The zero-order chi connectivity index (χ0) is 29.9. The average Bonchev–Trinajstić information content (AvgIpc) is 3.48. The van der Waals surface area contributed by atoms with Crippen LogP contribution < -0.4 is 0 Å². The molecule has 6 heteroatoms. The molecule has 0 unspecified atom stereocenters. The van der Waals surface area contributed by atoms with Gasteiger partial charge in [0.05, 0.1) is 52.0 Å². The Morgan fingerprint density at radius 2 is 1.05 bits per heavy atom. The molecule has 2 aliphatic rings. The predicted octanol–water partition coefficient (Wildman–Crippen LogP) is 7.95. The second kappa shape index (κ2) is 10.1. The highest BCUT2D eigenvalue weighted by Crippen LogP contribution is 2.61. The number of fused-ring (bicyclic) bond motifs is 8. The minimum atomic E-state index is -0.617.